The summed E-state index contributed by atoms with van der Waals surface area (Å²) in [5.41, 5.74) is 4.07. The van der Waals surface area contributed by atoms with Gasteiger partial charge >= 0.3 is 0 Å². The number of nitrogens with one attached hydrogen (secondary N) is 2. The maximum absolute atomic E-state index is 12.1. The Bertz CT molecular complexity index is 818. The first-order chi connectivity index (χ1) is 12.9. The molecular weight excluding hydrogens is 344 g/mol. The van der Waals surface area contributed by atoms with E-state index in [4.69, 9.17) is 9.47 Å². The SMILES string of the molecule is COc1ccc(NC(=O)CC(=O)NCCc2cc(C)ccc2C)c(OC)c1. The molecule has 2 aromatic rings. The fraction of sp³-hybridized carbons (Fsp3) is 0.333. The number of hydrogen-bond donors (Lipinski definition) is 2. The topological polar surface area (TPSA) is 76.7 Å². The molecule has 0 spiro atoms. The van der Waals surface area contributed by atoms with Gasteiger partial charge in [-0.15, -0.1) is 0 Å². The molecule has 2 N–H and O–H groups in total. The summed E-state index contributed by atoms with van der Waals surface area (Å²) in [7, 11) is 3.06. The predicted octanol–water partition coefficient (Wildman–Crippen LogP) is 3.01. The first-order valence-corrected chi connectivity index (χ1v) is 8.77. The van der Waals surface area contributed by atoms with Crippen LogP contribution in [-0.2, 0) is 16.0 Å². The van der Waals surface area contributed by atoms with Gasteiger partial charge in [0.2, 0.25) is 11.8 Å². The Morgan fingerprint density at radius 2 is 1.74 bits per heavy atom. The van der Waals surface area contributed by atoms with E-state index >= 15 is 0 Å². The molecule has 0 aromatic heterocycles. The van der Waals surface area contributed by atoms with Gasteiger partial charge < -0.3 is 20.1 Å². The van der Waals surface area contributed by atoms with Crippen LogP contribution in [0.2, 0.25) is 0 Å². The molecule has 0 radical (unpaired) electrons. The van der Waals surface area contributed by atoms with Gasteiger partial charge in [0.1, 0.15) is 17.9 Å². The first-order valence-electron chi connectivity index (χ1n) is 8.77. The van der Waals surface area contributed by atoms with Gasteiger partial charge in [0, 0.05) is 12.6 Å². The highest BCUT2D eigenvalue weighted by Gasteiger charge is 2.13. The highest BCUT2D eigenvalue weighted by atomic mass is 16.5. The summed E-state index contributed by atoms with van der Waals surface area (Å²) >= 11 is 0. The van der Waals surface area contributed by atoms with Gasteiger partial charge in [0.25, 0.3) is 0 Å². The summed E-state index contributed by atoms with van der Waals surface area (Å²) < 4.78 is 10.4. The van der Waals surface area contributed by atoms with E-state index in [1.54, 1.807) is 25.3 Å². The van der Waals surface area contributed by atoms with E-state index in [1.807, 2.05) is 13.8 Å². The van der Waals surface area contributed by atoms with Crippen molar-refractivity contribution in [3.05, 3.63) is 53.1 Å². The molecule has 27 heavy (non-hydrogen) atoms. The molecule has 0 fully saturated rings. The average Bonchev–Trinajstić information content (AvgIpc) is 2.64. The van der Waals surface area contributed by atoms with Gasteiger partial charge in [0.15, 0.2) is 0 Å². The fourth-order valence-corrected chi connectivity index (χ4v) is 2.71. The number of aryl methyl sites for hydroxylation is 2. The zero-order valence-corrected chi connectivity index (χ0v) is 16.2. The van der Waals surface area contributed by atoms with Crippen molar-refractivity contribution in [2.24, 2.45) is 0 Å². The van der Waals surface area contributed by atoms with E-state index in [0.717, 1.165) is 6.42 Å². The number of ether oxygens (including phenoxy) is 2. The van der Waals surface area contributed by atoms with Crippen molar-refractivity contribution in [3.63, 3.8) is 0 Å². The van der Waals surface area contributed by atoms with Crippen LogP contribution >= 0.6 is 0 Å². The quantitative estimate of drug-likeness (QED) is 0.701. The van der Waals surface area contributed by atoms with E-state index in [0.29, 0.717) is 23.7 Å². The zero-order chi connectivity index (χ0) is 19.8. The molecular formula is C21H26N2O4. The van der Waals surface area contributed by atoms with Gasteiger partial charge in [-0.25, -0.2) is 0 Å². The molecule has 2 rings (SSSR count). The molecule has 0 aliphatic heterocycles. The lowest BCUT2D eigenvalue weighted by Gasteiger charge is -2.12. The van der Waals surface area contributed by atoms with Gasteiger partial charge in [-0.3, -0.25) is 9.59 Å². The number of rotatable bonds is 8. The van der Waals surface area contributed by atoms with E-state index in [-0.39, 0.29) is 12.3 Å². The van der Waals surface area contributed by atoms with Crippen LogP contribution in [-0.4, -0.2) is 32.6 Å². The molecule has 0 saturated heterocycles. The maximum atomic E-state index is 12.1. The van der Waals surface area contributed by atoms with E-state index in [9.17, 15) is 9.59 Å². The minimum atomic E-state index is -0.400. The van der Waals surface area contributed by atoms with Gasteiger partial charge in [0.05, 0.1) is 19.9 Å². The van der Waals surface area contributed by atoms with Crippen molar-refractivity contribution < 1.29 is 19.1 Å². The third kappa shape index (κ3) is 6.02. The van der Waals surface area contributed by atoms with Crippen LogP contribution in [0.4, 0.5) is 5.69 Å². The van der Waals surface area contributed by atoms with E-state index < -0.39 is 5.91 Å². The van der Waals surface area contributed by atoms with Crippen molar-refractivity contribution >= 4 is 17.5 Å². The number of benzene rings is 2. The number of anilines is 1. The summed E-state index contributed by atoms with van der Waals surface area (Å²) in [5.74, 6) is 0.375. The Hall–Kier alpha value is -3.02. The Morgan fingerprint density at radius 3 is 2.44 bits per heavy atom. The van der Waals surface area contributed by atoms with Crippen molar-refractivity contribution in [2.45, 2.75) is 26.7 Å². The van der Waals surface area contributed by atoms with Crippen molar-refractivity contribution in [2.75, 3.05) is 26.1 Å². The second-order valence-electron chi connectivity index (χ2n) is 6.32. The lowest BCUT2D eigenvalue weighted by Crippen LogP contribution is -2.29. The van der Waals surface area contributed by atoms with Crippen molar-refractivity contribution in [1.82, 2.24) is 5.32 Å². The molecule has 0 atom stereocenters. The Morgan fingerprint density at radius 1 is 0.963 bits per heavy atom. The second-order valence-corrected chi connectivity index (χ2v) is 6.32. The van der Waals surface area contributed by atoms with Crippen LogP contribution in [0.1, 0.15) is 23.1 Å². The number of hydrogen-bond acceptors (Lipinski definition) is 4. The third-order valence-electron chi connectivity index (χ3n) is 4.23. The minimum Gasteiger partial charge on any atom is -0.497 e. The molecule has 0 unspecified atom stereocenters. The molecule has 0 heterocycles. The Labute approximate surface area is 159 Å². The fourth-order valence-electron chi connectivity index (χ4n) is 2.71. The molecule has 6 nitrogen and oxygen atoms in total. The molecule has 2 aromatic carbocycles. The molecule has 6 heteroatoms. The van der Waals surface area contributed by atoms with Crippen molar-refractivity contribution in [1.29, 1.82) is 0 Å². The number of amides is 2. The summed E-state index contributed by atoms with van der Waals surface area (Å²) in [5, 5.41) is 5.48. The Kier molecular flexibility index (Phi) is 7.23. The first kappa shape index (κ1) is 20.3. The maximum Gasteiger partial charge on any atom is 0.233 e. The number of carbonyl (C=O) groups is 2. The van der Waals surface area contributed by atoms with E-state index in [1.165, 1.54) is 23.8 Å². The predicted molar refractivity (Wildman–Crippen MR) is 105 cm³/mol. The number of carbonyl (C=O) groups excluding carboxylic acids is 2. The molecule has 0 aliphatic rings. The highest BCUT2D eigenvalue weighted by molar-refractivity contribution is 6.04. The van der Waals surface area contributed by atoms with Crippen LogP contribution in [0.5, 0.6) is 11.5 Å². The zero-order valence-electron chi connectivity index (χ0n) is 16.2. The minimum absolute atomic E-state index is 0.248. The summed E-state index contributed by atoms with van der Waals surface area (Å²) in [6, 6.07) is 11.3. The van der Waals surface area contributed by atoms with Crippen LogP contribution < -0.4 is 20.1 Å². The van der Waals surface area contributed by atoms with Gasteiger partial charge in [-0.05, 0) is 43.5 Å². The second kappa shape index (κ2) is 9.62. The van der Waals surface area contributed by atoms with Crippen LogP contribution in [0.25, 0.3) is 0 Å². The lowest BCUT2D eigenvalue weighted by atomic mass is 10.0. The largest absolute Gasteiger partial charge is 0.497 e. The van der Waals surface area contributed by atoms with Crippen molar-refractivity contribution in [3.8, 4) is 11.5 Å². The highest BCUT2D eigenvalue weighted by Crippen LogP contribution is 2.29. The monoisotopic (exact) mass is 370 g/mol. The molecule has 0 saturated carbocycles. The van der Waals surface area contributed by atoms with Gasteiger partial charge in [-0.1, -0.05) is 23.8 Å². The molecule has 0 bridgehead atoms. The summed E-state index contributed by atoms with van der Waals surface area (Å²) in [4.78, 5) is 24.1. The smallest absolute Gasteiger partial charge is 0.233 e. The lowest BCUT2D eigenvalue weighted by molar-refractivity contribution is -0.126. The summed E-state index contributed by atoms with van der Waals surface area (Å²) in [6.45, 7) is 4.58. The third-order valence-corrected chi connectivity index (χ3v) is 4.23. The average molecular weight is 370 g/mol. The standard InChI is InChI=1S/C21H26N2O4/c1-14-5-6-15(2)16(11-14)9-10-22-20(24)13-21(25)23-18-8-7-17(26-3)12-19(18)27-4/h5-8,11-12H,9-10,13H2,1-4H3,(H,22,24)(H,23,25). The van der Waals surface area contributed by atoms with Crippen LogP contribution in [0, 0.1) is 13.8 Å². The molecule has 2 amide bonds. The Balaban J connectivity index is 1.83. The normalized spacial score (nSPS) is 10.2. The number of methoxy groups -OCH3 is 2. The molecule has 144 valence electrons. The summed E-state index contributed by atoms with van der Waals surface area (Å²) in [6.07, 6.45) is 0.481. The van der Waals surface area contributed by atoms with Crippen LogP contribution in [0.3, 0.4) is 0 Å². The van der Waals surface area contributed by atoms with Gasteiger partial charge in [-0.2, -0.15) is 0 Å². The molecule has 0 aliphatic carbocycles. The van der Waals surface area contributed by atoms with E-state index in [2.05, 4.69) is 28.8 Å². The van der Waals surface area contributed by atoms with Crippen LogP contribution in [0.15, 0.2) is 36.4 Å².